The molecule has 2 aromatic carbocycles. The van der Waals surface area contributed by atoms with Crippen LogP contribution < -0.4 is 15.3 Å². The number of anilines is 1. The van der Waals surface area contributed by atoms with Gasteiger partial charge in [0, 0.05) is 0 Å². The predicted octanol–water partition coefficient (Wildman–Crippen LogP) is 2.26. The summed E-state index contributed by atoms with van der Waals surface area (Å²) < 4.78 is 37.9. The number of benzene rings is 2. The summed E-state index contributed by atoms with van der Waals surface area (Å²) in [5, 5.41) is 24.2. The molecule has 6 atom stereocenters. The third-order valence-corrected chi connectivity index (χ3v) is 8.12. The van der Waals surface area contributed by atoms with Gasteiger partial charge in [0.2, 0.25) is 0 Å². The molecule has 1 saturated heterocycles. The Hall–Kier alpha value is -3.91. The van der Waals surface area contributed by atoms with Crippen molar-refractivity contribution in [3.05, 3.63) is 78.4 Å². The number of fused-ring (bicyclic) bond motifs is 1. The summed E-state index contributed by atoms with van der Waals surface area (Å²) in [5.74, 6) is 0.0684. The van der Waals surface area contributed by atoms with E-state index in [1.54, 1.807) is 37.3 Å². The number of aromatic nitrogens is 4. The molecule has 3 heterocycles. The van der Waals surface area contributed by atoms with Crippen molar-refractivity contribution < 1.29 is 38.1 Å². The van der Waals surface area contributed by atoms with Crippen molar-refractivity contribution in [3.63, 3.8) is 0 Å². The van der Waals surface area contributed by atoms with Crippen LogP contribution in [0.3, 0.4) is 0 Å². The van der Waals surface area contributed by atoms with Crippen LogP contribution in [0.4, 0.5) is 5.82 Å². The number of carbonyl (C=O) groups excluding carboxylic acids is 1. The quantitative estimate of drug-likeness (QED) is 0.145. The smallest absolute Gasteiger partial charge is 0.459 e. The second kappa shape index (κ2) is 12.5. The third kappa shape index (κ3) is 6.59. The van der Waals surface area contributed by atoms with Crippen molar-refractivity contribution in [1.29, 1.82) is 0 Å². The Bertz CT molecular complexity index is 1570. The fourth-order valence-corrected chi connectivity index (χ4v) is 5.86. The number of nitrogen functional groups attached to an aromatic ring is 1. The molecular formula is C27H31N6O8P. The molecule has 1 aliphatic heterocycles. The van der Waals surface area contributed by atoms with Crippen molar-refractivity contribution in [2.75, 3.05) is 12.3 Å². The summed E-state index contributed by atoms with van der Waals surface area (Å²) in [6.45, 7) is 2.66. The highest BCUT2D eigenvalue weighted by Gasteiger charge is 2.46. The van der Waals surface area contributed by atoms with E-state index in [-0.39, 0.29) is 18.2 Å². The number of hydrogen-bond donors (Lipinski definition) is 4. The standard InChI is InChI=1S/C27H31N6O8P/c1-16(27(36)38-13-18-9-5-3-6-10-18)32-42(37,41-19-11-7-4-8-12-19)39-14-20-22(34)23(35)26(40-20)33-15-29-21-24(28)30-17(2)31-25(21)33/h3-12,15-16,20,22-23,26,34-35H,13-14H2,1-2H3,(H,32,37)(H2,28,30,31)/t16-,20+,22?,23+,26+,42?/m0/s1. The fraction of sp³-hybridized carbons (Fsp3) is 0.333. The molecule has 5 N–H and O–H groups in total. The zero-order valence-electron chi connectivity index (χ0n) is 22.8. The van der Waals surface area contributed by atoms with Crippen molar-refractivity contribution in [2.45, 2.75) is 51.0 Å². The lowest BCUT2D eigenvalue weighted by atomic mass is 10.1. The number of carbonyl (C=O) groups is 1. The number of nitrogens with two attached hydrogens (primary N) is 1. The lowest BCUT2D eigenvalue weighted by Gasteiger charge is -2.24. The van der Waals surface area contributed by atoms with Gasteiger partial charge in [-0.05, 0) is 31.5 Å². The second-order valence-electron chi connectivity index (χ2n) is 9.67. The molecule has 0 spiro atoms. The molecule has 15 heteroatoms. The first-order valence-electron chi connectivity index (χ1n) is 13.1. The van der Waals surface area contributed by atoms with Crippen LogP contribution in [0.25, 0.3) is 11.2 Å². The number of hydrogen-bond acceptors (Lipinski definition) is 12. The van der Waals surface area contributed by atoms with Gasteiger partial charge in [-0.25, -0.2) is 19.5 Å². The van der Waals surface area contributed by atoms with E-state index in [4.69, 9.17) is 24.3 Å². The first kappa shape index (κ1) is 29.6. The van der Waals surface area contributed by atoms with Crippen LogP contribution in [0.2, 0.25) is 0 Å². The zero-order valence-corrected chi connectivity index (χ0v) is 23.7. The summed E-state index contributed by atoms with van der Waals surface area (Å²) in [4.78, 5) is 25.3. The zero-order chi connectivity index (χ0) is 29.9. The van der Waals surface area contributed by atoms with Gasteiger partial charge in [0.15, 0.2) is 17.7 Å². The maximum absolute atomic E-state index is 13.9. The number of para-hydroxylation sites is 1. The molecule has 0 radical (unpaired) electrons. The number of nitrogens with one attached hydrogen (secondary N) is 1. The summed E-state index contributed by atoms with van der Waals surface area (Å²) in [6.07, 6.45) is -3.74. The number of esters is 1. The van der Waals surface area contributed by atoms with Crippen LogP contribution in [0, 0.1) is 6.92 Å². The first-order valence-corrected chi connectivity index (χ1v) is 14.6. The molecule has 222 valence electrons. The molecule has 2 aromatic heterocycles. The Labute approximate surface area is 241 Å². The van der Waals surface area contributed by atoms with E-state index >= 15 is 0 Å². The molecule has 1 aliphatic rings. The molecule has 14 nitrogen and oxygen atoms in total. The number of imidazole rings is 1. The van der Waals surface area contributed by atoms with E-state index in [0.29, 0.717) is 17.0 Å². The summed E-state index contributed by atoms with van der Waals surface area (Å²) in [5.41, 5.74) is 7.34. The molecule has 5 rings (SSSR count). The van der Waals surface area contributed by atoms with E-state index in [0.717, 1.165) is 5.56 Å². The van der Waals surface area contributed by atoms with Crippen molar-refractivity contribution in [1.82, 2.24) is 24.6 Å². The molecule has 42 heavy (non-hydrogen) atoms. The largest absolute Gasteiger partial charge is 0.460 e. The Morgan fingerprint density at radius 3 is 2.52 bits per heavy atom. The van der Waals surface area contributed by atoms with Crippen LogP contribution >= 0.6 is 7.75 Å². The number of aryl methyl sites for hydroxylation is 1. The van der Waals surface area contributed by atoms with Crippen LogP contribution in [0.15, 0.2) is 67.0 Å². The fourth-order valence-electron chi connectivity index (χ4n) is 4.36. The number of ether oxygens (including phenoxy) is 2. The number of aliphatic hydroxyl groups excluding tert-OH is 2. The minimum Gasteiger partial charge on any atom is -0.460 e. The highest BCUT2D eigenvalue weighted by atomic mass is 31.2. The molecular weight excluding hydrogens is 567 g/mol. The minimum atomic E-state index is -4.26. The maximum atomic E-state index is 13.9. The lowest BCUT2D eigenvalue weighted by molar-refractivity contribution is -0.146. The van der Waals surface area contributed by atoms with E-state index in [9.17, 15) is 19.6 Å². The van der Waals surface area contributed by atoms with Gasteiger partial charge in [-0.3, -0.25) is 13.9 Å². The highest BCUT2D eigenvalue weighted by molar-refractivity contribution is 7.52. The van der Waals surface area contributed by atoms with Crippen LogP contribution in [-0.2, 0) is 30.0 Å². The van der Waals surface area contributed by atoms with Gasteiger partial charge >= 0.3 is 13.7 Å². The Morgan fingerprint density at radius 2 is 1.81 bits per heavy atom. The van der Waals surface area contributed by atoms with Crippen LogP contribution in [-0.4, -0.2) is 66.7 Å². The van der Waals surface area contributed by atoms with Crippen LogP contribution in [0.5, 0.6) is 5.75 Å². The highest BCUT2D eigenvalue weighted by Crippen LogP contribution is 2.46. The third-order valence-electron chi connectivity index (χ3n) is 6.48. The summed E-state index contributed by atoms with van der Waals surface area (Å²) >= 11 is 0. The number of aliphatic hydroxyl groups is 2. The molecule has 2 unspecified atom stereocenters. The number of rotatable bonds is 11. The van der Waals surface area contributed by atoms with Gasteiger partial charge in [0.1, 0.15) is 48.1 Å². The monoisotopic (exact) mass is 598 g/mol. The average molecular weight is 599 g/mol. The van der Waals surface area contributed by atoms with Gasteiger partial charge in [-0.2, -0.15) is 5.09 Å². The maximum Gasteiger partial charge on any atom is 0.459 e. The molecule has 0 saturated carbocycles. The Kier molecular flexibility index (Phi) is 8.82. The molecule has 0 bridgehead atoms. The SMILES string of the molecule is Cc1nc(N)c2ncn([C@@H]3O[C@H](COP(=O)(N[C@@H](C)C(=O)OCc4ccccc4)Oc4ccccc4)C(O)[C@H]3O)c2n1. The van der Waals surface area contributed by atoms with E-state index in [1.807, 2.05) is 30.3 Å². The molecule has 4 aromatic rings. The van der Waals surface area contributed by atoms with Crippen molar-refractivity contribution >= 4 is 30.7 Å². The Morgan fingerprint density at radius 1 is 1.12 bits per heavy atom. The first-order chi connectivity index (χ1) is 20.1. The van der Waals surface area contributed by atoms with Crippen molar-refractivity contribution in [2.24, 2.45) is 0 Å². The van der Waals surface area contributed by atoms with Gasteiger partial charge in [-0.1, -0.05) is 48.5 Å². The lowest BCUT2D eigenvalue weighted by Crippen LogP contribution is -2.37. The average Bonchev–Trinajstić information content (AvgIpc) is 3.52. The second-order valence-corrected chi connectivity index (χ2v) is 11.4. The van der Waals surface area contributed by atoms with Gasteiger partial charge in [0.05, 0.1) is 12.9 Å². The Balaban J connectivity index is 1.29. The minimum absolute atomic E-state index is 0.0246. The summed E-state index contributed by atoms with van der Waals surface area (Å²) in [6, 6.07) is 16.2. The molecule has 0 aliphatic carbocycles. The predicted molar refractivity (Wildman–Crippen MR) is 150 cm³/mol. The van der Waals surface area contributed by atoms with E-state index < -0.39 is 50.9 Å². The molecule has 1 fully saturated rings. The van der Waals surface area contributed by atoms with Gasteiger partial charge < -0.3 is 29.9 Å². The summed E-state index contributed by atoms with van der Waals surface area (Å²) in [7, 11) is -4.26. The van der Waals surface area contributed by atoms with Crippen LogP contribution in [0.1, 0.15) is 24.5 Å². The van der Waals surface area contributed by atoms with E-state index in [1.165, 1.54) is 17.8 Å². The molecule has 0 amide bonds. The topological polar surface area (TPSA) is 193 Å². The number of nitrogens with zero attached hydrogens (tertiary/aromatic N) is 4. The van der Waals surface area contributed by atoms with Crippen molar-refractivity contribution in [3.8, 4) is 5.75 Å². The van der Waals surface area contributed by atoms with Gasteiger partial charge in [-0.15, -0.1) is 0 Å². The van der Waals surface area contributed by atoms with Gasteiger partial charge in [0.25, 0.3) is 0 Å². The van der Waals surface area contributed by atoms with E-state index in [2.05, 4.69) is 20.0 Å². The normalized spacial score (nSPS) is 22.5.